The zero-order chi connectivity index (χ0) is 19.0. The normalized spacial score (nSPS) is 14.1. The SMILES string of the molecule is Cc1cc(C)n(-c2cc(N3CC(C(=O)Nc4cccc(Br)c4)C3)ncn2)n1. The number of carbonyl (C=O) groups excluding carboxylic acids is 1. The molecule has 0 radical (unpaired) electrons. The summed E-state index contributed by atoms with van der Waals surface area (Å²) in [5.41, 5.74) is 2.76. The van der Waals surface area contributed by atoms with Crippen LogP contribution in [0.25, 0.3) is 5.82 Å². The minimum Gasteiger partial charge on any atom is -0.355 e. The van der Waals surface area contributed by atoms with Crippen molar-refractivity contribution in [3.05, 3.63) is 58.6 Å². The van der Waals surface area contributed by atoms with Crippen LogP contribution >= 0.6 is 15.9 Å². The molecule has 1 amide bonds. The third-order valence-electron chi connectivity index (χ3n) is 4.53. The van der Waals surface area contributed by atoms with Crippen LogP contribution in [0.2, 0.25) is 0 Å². The van der Waals surface area contributed by atoms with Crippen molar-refractivity contribution in [2.24, 2.45) is 5.92 Å². The first-order valence-electron chi connectivity index (χ1n) is 8.66. The van der Waals surface area contributed by atoms with E-state index in [1.54, 1.807) is 4.68 Å². The number of carbonyl (C=O) groups is 1. The van der Waals surface area contributed by atoms with Gasteiger partial charge < -0.3 is 10.2 Å². The molecular formula is C19H19BrN6O. The molecule has 1 aliphatic rings. The van der Waals surface area contributed by atoms with Crippen LogP contribution in [0.5, 0.6) is 0 Å². The Labute approximate surface area is 165 Å². The molecule has 1 aromatic carbocycles. The Morgan fingerprint density at radius 3 is 2.63 bits per heavy atom. The van der Waals surface area contributed by atoms with Gasteiger partial charge in [0.25, 0.3) is 0 Å². The van der Waals surface area contributed by atoms with E-state index in [0.29, 0.717) is 13.1 Å². The van der Waals surface area contributed by atoms with Gasteiger partial charge in [0.05, 0.1) is 11.6 Å². The monoisotopic (exact) mass is 426 g/mol. The molecule has 0 aliphatic carbocycles. The Morgan fingerprint density at radius 2 is 1.93 bits per heavy atom. The summed E-state index contributed by atoms with van der Waals surface area (Å²) in [6.45, 7) is 5.21. The van der Waals surface area contributed by atoms with Crippen LogP contribution in [-0.2, 0) is 4.79 Å². The molecule has 1 aliphatic heterocycles. The number of nitrogens with one attached hydrogen (secondary N) is 1. The van der Waals surface area contributed by atoms with Crippen LogP contribution in [0.1, 0.15) is 11.4 Å². The predicted octanol–water partition coefficient (Wildman–Crippen LogP) is 3.12. The molecule has 0 bridgehead atoms. The summed E-state index contributed by atoms with van der Waals surface area (Å²) in [6, 6.07) is 11.5. The van der Waals surface area contributed by atoms with Gasteiger partial charge in [0.1, 0.15) is 12.1 Å². The Hall–Kier alpha value is -2.74. The fourth-order valence-corrected chi connectivity index (χ4v) is 3.53. The first-order chi connectivity index (χ1) is 13.0. The van der Waals surface area contributed by atoms with Gasteiger partial charge in [-0.3, -0.25) is 4.79 Å². The number of nitrogens with zero attached hydrogens (tertiary/aromatic N) is 5. The van der Waals surface area contributed by atoms with Crippen LogP contribution in [-0.4, -0.2) is 38.7 Å². The van der Waals surface area contributed by atoms with Gasteiger partial charge in [-0.15, -0.1) is 0 Å². The topological polar surface area (TPSA) is 75.9 Å². The van der Waals surface area contributed by atoms with Crippen molar-refractivity contribution in [2.45, 2.75) is 13.8 Å². The van der Waals surface area contributed by atoms with E-state index in [-0.39, 0.29) is 11.8 Å². The number of anilines is 2. The number of aromatic nitrogens is 4. The molecule has 0 saturated carbocycles. The van der Waals surface area contributed by atoms with E-state index < -0.39 is 0 Å². The molecule has 8 heteroatoms. The minimum atomic E-state index is -0.0592. The lowest BCUT2D eigenvalue weighted by Gasteiger charge is -2.39. The molecule has 3 heterocycles. The number of hydrogen-bond acceptors (Lipinski definition) is 5. The molecule has 1 saturated heterocycles. The highest BCUT2D eigenvalue weighted by Gasteiger charge is 2.33. The van der Waals surface area contributed by atoms with Gasteiger partial charge in [0, 0.05) is 35.0 Å². The maximum atomic E-state index is 12.4. The fourth-order valence-electron chi connectivity index (χ4n) is 3.13. The van der Waals surface area contributed by atoms with Gasteiger partial charge in [-0.2, -0.15) is 5.10 Å². The molecule has 3 aromatic rings. The average molecular weight is 427 g/mol. The van der Waals surface area contributed by atoms with Crippen LogP contribution in [0.15, 0.2) is 47.2 Å². The number of halogens is 1. The fraction of sp³-hybridized carbons (Fsp3) is 0.263. The molecule has 0 spiro atoms. The third-order valence-corrected chi connectivity index (χ3v) is 5.03. The molecule has 1 N–H and O–H groups in total. The minimum absolute atomic E-state index is 0.0252. The third kappa shape index (κ3) is 3.71. The van der Waals surface area contributed by atoms with E-state index in [1.807, 2.05) is 50.2 Å². The molecule has 2 aromatic heterocycles. The Balaban J connectivity index is 1.41. The van der Waals surface area contributed by atoms with Crippen molar-refractivity contribution >= 4 is 33.3 Å². The van der Waals surface area contributed by atoms with Gasteiger partial charge in [-0.25, -0.2) is 14.6 Å². The van der Waals surface area contributed by atoms with E-state index in [2.05, 4.69) is 41.2 Å². The number of aryl methyl sites for hydroxylation is 2. The highest BCUT2D eigenvalue weighted by atomic mass is 79.9. The lowest BCUT2D eigenvalue weighted by atomic mass is 9.99. The number of rotatable bonds is 4. The first kappa shape index (κ1) is 17.7. The second-order valence-electron chi connectivity index (χ2n) is 6.67. The van der Waals surface area contributed by atoms with Crippen molar-refractivity contribution < 1.29 is 4.79 Å². The standard InChI is InChI=1S/C19H19BrN6O/c1-12-6-13(2)26(24-12)18-8-17(21-11-22-18)25-9-14(10-25)19(27)23-16-5-3-4-15(20)7-16/h3-8,11,14H,9-10H2,1-2H3,(H,23,27). The molecule has 4 rings (SSSR count). The highest BCUT2D eigenvalue weighted by molar-refractivity contribution is 9.10. The van der Waals surface area contributed by atoms with Crippen LogP contribution in [0.4, 0.5) is 11.5 Å². The second-order valence-corrected chi connectivity index (χ2v) is 7.59. The Kier molecular flexibility index (Phi) is 4.65. The van der Waals surface area contributed by atoms with E-state index in [0.717, 1.165) is 33.2 Å². The molecule has 1 fully saturated rings. The van der Waals surface area contributed by atoms with Gasteiger partial charge in [-0.05, 0) is 38.1 Å². The molecule has 0 unspecified atom stereocenters. The summed E-state index contributed by atoms with van der Waals surface area (Å²) >= 11 is 3.41. The zero-order valence-corrected chi connectivity index (χ0v) is 16.6. The zero-order valence-electron chi connectivity index (χ0n) is 15.1. The summed E-state index contributed by atoms with van der Waals surface area (Å²) in [4.78, 5) is 23.2. The summed E-state index contributed by atoms with van der Waals surface area (Å²) in [6.07, 6.45) is 1.54. The van der Waals surface area contributed by atoms with E-state index in [1.165, 1.54) is 6.33 Å². The average Bonchev–Trinajstić information content (AvgIpc) is 2.92. The van der Waals surface area contributed by atoms with E-state index in [9.17, 15) is 4.79 Å². The van der Waals surface area contributed by atoms with Crippen molar-refractivity contribution in [2.75, 3.05) is 23.3 Å². The maximum absolute atomic E-state index is 12.4. The van der Waals surface area contributed by atoms with Crippen molar-refractivity contribution in [3.8, 4) is 5.82 Å². The van der Waals surface area contributed by atoms with E-state index >= 15 is 0 Å². The summed E-state index contributed by atoms with van der Waals surface area (Å²) in [5, 5.41) is 7.42. The molecular weight excluding hydrogens is 408 g/mol. The number of hydrogen-bond donors (Lipinski definition) is 1. The van der Waals surface area contributed by atoms with Gasteiger partial charge >= 0.3 is 0 Å². The quantitative estimate of drug-likeness (QED) is 0.693. The molecule has 7 nitrogen and oxygen atoms in total. The molecule has 0 atom stereocenters. The summed E-state index contributed by atoms with van der Waals surface area (Å²) in [5.74, 6) is 1.50. The number of benzene rings is 1. The molecule has 138 valence electrons. The summed E-state index contributed by atoms with van der Waals surface area (Å²) in [7, 11) is 0. The molecule has 27 heavy (non-hydrogen) atoms. The van der Waals surface area contributed by atoms with Gasteiger partial charge in [-0.1, -0.05) is 22.0 Å². The highest BCUT2D eigenvalue weighted by Crippen LogP contribution is 2.25. The van der Waals surface area contributed by atoms with Crippen LogP contribution < -0.4 is 10.2 Å². The van der Waals surface area contributed by atoms with Gasteiger partial charge in [0.15, 0.2) is 5.82 Å². The number of amides is 1. The van der Waals surface area contributed by atoms with Crippen molar-refractivity contribution in [1.29, 1.82) is 0 Å². The Morgan fingerprint density at radius 1 is 1.15 bits per heavy atom. The predicted molar refractivity (Wildman–Crippen MR) is 107 cm³/mol. The second kappa shape index (κ2) is 7.11. The van der Waals surface area contributed by atoms with Crippen LogP contribution in [0, 0.1) is 19.8 Å². The van der Waals surface area contributed by atoms with E-state index in [4.69, 9.17) is 0 Å². The largest absolute Gasteiger partial charge is 0.355 e. The smallest absolute Gasteiger partial charge is 0.231 e. The van der Waals surface area contributed by atoms with Crippen molar-refractivity contribution in [1.82, 2.24) is 19.7 Å². The van der Waals surface area contributed by atoms with Crippen molar-refractivity contribution in [3.63, 3.8) is 0 Å². The Bertz CT molecular complexity index is 995. The lowest BCUT2D eigenvalue weighted by molar-refractivity contribution is -0.120. The maximum Gasteiger partial charge on any atom is 0.231 e. The summed E-state index contributed by atoms with van der Waals surface area (Å²) < 4.78 is 2.74. The lowest BCUT2D eigenvalue weighted by Crippen LogP contribution is -2.52. The first-order valence-corrected chi connectivity index (χ1v) is 9.46. The van der Waals surface area contributed by atoms with Gasteiger partial charge in [0.2, 0.25) is 5.91 Å². The van der Waals surface area contributed by atoms with Crippen LogP contribution in [0.3, 0.4) is 0 Å².